The van der Waals surface area contributed by atoms with E-state index < -0.39 is 0 Å². The molecule has 1 aromatic heterocycles. The van der Waals surface area contributed by atoms with Gasteiger partial charge in [0.25, 0.3) is 0 Å². The number of benzene rings is 1. The maximum atomic E-state index is 13.1. The van der Waals surface area contributed by atoms with Gasteiger partial charge in [0, 0.05) is 13.0 Å². The van der Waals surface area contributed by atoms with Crippen LogP contribution in [0.15, 0.2) is 24.3 Å². The lowest BCUT2D eigenvalue weighted by Crippen LogP contribution is -2.40. The maximum absolute atomic E-state index is 13.1. The van der Waals surface area contributed by atoms with Crippen molar-refractivity contribution in [2.24, 2.45) is 11.1 Å². The second-order valence-electron chi connectivity index (χ2n) is 7.71. The molecule has 0 bridgehead atoms. The van der Waals surface area contributed by atoms with Crippen molar-refractivity contribution in [1.29, 1.82) is 0 Å². The van der Waals surface area contributed by atoms with Gasteiger partial charge < -0.3 is 10.6 Å². The second kappa shape index (κ2) is 9.55. The number of likely N-dealkylation sites (tertiary alicyclic amines) is 1. The third kappa shape index (κ3) is 4.58. The van der Waals surface area contributed by atoms with Crippen LogP contribution in [0, 0.1) is 5.41 Å². The number of nitrogens with two attached hydrogens (primary N) is 1. The Bertz CT molecular complexity index is 728. The average Bonchev–Trinajstić information content (AvgIpc) is 3.29. The van der Waals surface area contributed by atoms with Crippen molar-refractivity contribution in [3.05, 3.63) is 29.3 Å². The molecular weight excluding hydrogens is 401 g/mol. The summed E-state index contributed by atoms with van der Waals surface area (Å²) >= 11 is 1.74. The van der Waals surface area contributed by atoms with Crippen molar-refractivity contribution in [3.8, 4) is 0 Å². The molecule has 2 aliphatic rings. The quantitative estimate of drug-likeness (QED) is 0.734. The summed E-state index contributed by atoms with van der Waals surface area (Å²) in [4.78, 5) is 20.0. The number of aromatic nitrogens is 1. The van der Waals surface area contributed by atoms with Gasteiger partial charge in [-0.2, -0.15) is 0 Å². The number of hydrogen-bond donors (Lipinski definition) is 1. The highest BCUT2D eigenvalue weighted by molar-refractivity contribution is 7.18. The molecule has 2 fully saturated rings. The SMILES string of the molecule is Cl.Cl.NCC1(CC(=O)N2CCCC2c2nc3ccccc3s2)CCCCC1. The van der Waals surface area contributed by atoms with Crippen molar-refractivity contribution < 1.29 is 4.79 Å². The number of carbonyl (C=O) groups excluding carboxylic acids is 1. The van der Waals surface area contributed by atoms with Gasteiger partial charge in [0.05, 0.1) is 16.3 Å². The van der Waals surface area contributed by atoms with Crippen LogP contribution in [-0.4, -0.2) is 28.9 Å². The third-order valence-electron chi connectivity index (χ3n) is 6.04. The molecule has 1 atom stereocenters. The monoisotopic (exact) mass is 429 g/mol. The second-order valence-corrected chi connectivity index (χ2v) is 8.77. The van der Waals surface area contributed by atoms with Crippen LogP contribution >= 0.6 is 36.2 Å². The molecule has 1 amide bonds. The van der Waals surface area contributed by atoms with Crippen LogP contribution in [0.5, 0.6) is 0 Å². The molecule has 1 aliphatic carbocycles. The van der Waals surface area contributed by atoms with E-state index in [4.69, 9.17) is 10.7 Å². The Morgan fingerprint density at radius 2 is 1.93 bits per heavy atom. The van der Waals surface area contributed by atoms with E-state index in [0.29, 0.717) is 13.0 Å². The van der Waals surface area contributed by atoms with Gasteiger partial charge in [-0.15, -0.1) is 36.2 Å². The molecule has 27 heavy (non-hydrogen) atoms. The summed E-state index contributed by atoms with van der Waals surface area (Å²) in [7, 11) is 0. The lowest BCUT2D eigenvalue weighted by atomic mass is 9.71. The lowest BCUT2D eigenvalue weighted by Gasteiger charge is -2.37. The number of thiazole rings is 1. The molecule has 0 radical (unpaired) electrons. The first kappa shape index (κ1) is 22.4. The van der Waals surface area contributed by atoms with Crippen LogP contribution in [-0.2, 0) is 4.79 Å². The van der Waals surface area contributed by atoms with E-state index in [2.05, 4.69) is 23.1 Å². The molecule has 2 heterocycles. The summed E-state index contributed by atoms with van der Waals surface area (Å²) in [6.45, 7) is 1.50. The van der Waals surface area contributed by atoms with Crippen LogP contribution in [0.3, 0.4) is 0 Å². The molecule has 7 heteroatoms. The zero-order valence-corrected chi connectivity index (χ0v) is 18.0. The van der Waals surface area contributed by atoms with E-state index in [-0.39, 0.29) is 42.2 Å². The van der Waals surface area contributed by atoms with Crippen molar-refractivity contribution in [3.63, 3.8) is 0 Å². The smallest absolute Gasteiger partial charge is 0.223 e. The summed E-state index contributed by atoms with van der Waals surface area (Å²) < 4.78 is 1.21. The van der Waals surface area contributed by atoms with E-state index in [1.807, 2.05) is 6.07 Å². The van der Waals surface area contributed by atoms with Gasteiger partial charge in [-0.25, -0.2) is 4.98 Å². The Balaban J connectivity index is 0.00000131. The predicted octanol–water partition coefficient (Wildman–Crippen LogP) is 5.10. The molecule has 4 rings (SSSR count). The summed E-state index contributed by atoms with van der Waals surface area (Å²) in [6, 6.07) is 8.40. The van der Waals surface area contributed by atoms with Gasteiger partial charge in [0.1, 0.15) is 5.01 Å². The Kier molecular flexibility index (Phi) is 7.93. The molecule has 2 aromatic rings. The average molecular weight is 430 g/mol. The molecule has 150 valence electrons. The van der Waals surface area contributed by atoms with Crippen LogP contribution in [0.25, 0.3) is 10.2 Å². The van der Waals surface area contributed by atoms with Crippen LogP contribution in [0.1, 0.15) is 62.4 Å². The number of hydrogen-bond acceptors (Lipinski definition) is 4. The minimum atomic E-state index is 0. The van der Waals surface area contributed by atoms with Gasteiger partial charge in [-0.05, 0) is 49.8 Å². The van der Waals surface area contributed by atoms with Gasteiger partial charge in [0.2, 0.25) is 5.91 Å². The number of fused-ring (bicyclic) bond motifs is 1. The Morgan fingerprint density at radius 1 is 1.19 bits per heavy atom. The molecule has 1 aliphatic heterocycles. The Hall–Kier alpha value is -0.880. The fourth-order valence-corrected chi connectivity index (χ4v) is 5.65. The highest BCUT2D eigenvalue weighted by Gasteiger charge is 2.38. The van der Waals surface area contributed by atoms with E-state index in [1.54, 1.807) is 11.3 Å². The fourth-order valence-electron chi connectivity index (χ4n) is 4.53. The zero-order valence-electron chi connectivity index (χ0n) is 15.6. The highest BCUT2D eigenvalue weighted by Crippen LogP contribution is 2.42. The predicted molar refractivity (Wildman–Crippen MR) is 117 cm³/mol. The standard InChI is InChI=1S/C20H27N3OS.2ClH/c21-14-20(10-4-1-5-11-20)13-18(24)23-12-6-8-16(23)19-22-15-7-2-3-9-17(15)25-19;;/h2-3,7,9,16H,1,4-6,8,10-14,21H2;2*1H. The molecule has 4 nitrogen and oxygen atoms in total. The van der Waals surface area contributed by atoms with Crippen molar-refractivity contribution in [2.45, 2.75) is 57.4 Å². The molecule has 1 aromatic carbocycles. The van der Waals surface area contributed by atoms with Crippen LogP contribution < -0.4 is 5.73 Å². The van der Waals surface area contributed by atoms with Crippen LogP contribution in [0.2, 0.25) is 0 Å². The number of para-hydroxylation sites is 1. The van der Waals surface area contributed by atoms with E-state index in [0.717, 1.165) is 42.8 Å². The van der Waals surface area contributed by atoms with Gasteiger partial charge in [-0.1, -0.05) is 31.4 Å². The molecule has 1 saturated heterocycles. The number of carbonyl (C=O) groups is 1. The van der Waals surface area contributed by atoms with Gasteiger partial charge in [0.15, 0.2) is 0 Å². The number of halogens is 2. The minimum absolute atomic E-state index is 0. The number of nitrogens with zero attached hydrogens (tertiary/aromatic N) is 2. The van der Waals surface area contributed by atoms with Crippen molar-refractivity contribution >= 4 is 52.3 Å². The topological polar surface area (TPSA) is 59.2 Å². The first-order valence-electron chi connectivity index (χ1n) is 9.56. The maximum Gasteiger partial charge on any atom is 0.223 e. The molecule has 0 spiro atoms. The largest absolute Gasteiger partial charge is 0.333 e. The minimum Gasteiger partial charge on any atom is -0.333 e. The number of amides is 1. The van der Waals surface area contributed by atoms with Crippen molar-refractivity contribution in [2.75, 3.05) is 13.1 Å². The normalized spacial score (nSPS) is 21.5. The molecule has 1 saturated carbocycles. The zero-order chi connectivity index (χ0) is 17.3. The lowest BCUT2D eigenvalue weighted by molar-refractivity contribution is -0.135. The molecule has 2 N–H and O–H groups in total. The number of rotatable bonds is 4. The summed E-state index contributed by atoms with van der Waals surface area (Å²) in [5.74, 6) is 0.286. The first-order chi connectivity index (χ1) is 12.2. The summed E-state index contributed by atoms with van der Waals surface area (Å²) in [5.41, 5.74) is 7.19. The Morgan fingerprint density at radius 3 is 2.63 bits per heavy atom. The first-order valence-corrected chi connectivity index (χ1v) is 10.4. The van der Waals surface area contributed by atoms with Gasteiger partial charge >= 0.3 is 0 Å². The van der Waals surface area contributed by atoms with E-state index >= 15 is 0 Å². The van der Waals surface area contributed by atoms with E-state index in [1.165, 1.54) is 24.0 Å². The molecular formula is C20H29Cl2N3OS. The van der Waals surface area contributed by atoms with Crippen molar-refractivity contribution in [1.82, 2.24) is 9.88 Å². The fraction of sp³-hybridized carbons (Fsp3) is 0.600. The molecule has 1 unspecified atom stereocenters. The summed E-state index contributed by atoms with van der Waals surface area (Å²) in [6.07, 6.45) is 8.64. The highest BCUT2D eigenvalue weighted by atomic mass is 35.5. The van der Waals surface area contributed by atoms with E-state index in [9.17, 15) is 4.79 Å². The van der Waals surface area contributed by atoms with Crippen LogP contribution in [0.4, 0.5) is 0 Å². The van der Waals surface area contributed by atoms with Gasteiger partial charge in [-0.3, -0.25) is 4.79 Å². The summed E-state index contributed by atoms with van der Waals surface area (Å²) in [5, 5.41) is 1.09. The Labute approximate surface area is 177 Å². The third-order valence-corrected chi connectivity index (χ3v) is 7.18.